The maximum Gasteiger partial charge on any atom is 0.303 e. The molecule has 0 radical (unpaired) electrons. The Kier molecular flexibility index (Phi) is 6.69. The summed E-state index contributed by atoms with van der Waals surface area (Å²) in [5, 5.41) is 17.6. The minimum absolute atomic E-state index is 0.0211. The van der Waals surface area contributed by atoms with E-state index in [2.05, 4.69) is 4.37 Å². The Morgan fingerprint density at radius 2 is 1.87 bits per heavy atom. The molecule has 0 spiro atoms. The first-order chi connectivity index (χ1) is 14.4. The molecule has 1 aromatic heterocycles. The van der Waals surface area contributed by atoms with Crippen LogP contribution >= 0.6 is 11.5 Å². The molecule has 3 aromatic rings. The van der Waals surface area contributed by atoms with Crippen molar-refractivity contribution in [2.24, 2.45) is 0 Å². The molecule has 3 rings (SSSR count). The Labute approximate surface area is 174 Å². The normalized spacial score (nSPS) is 10.6. The van der Waals surface area contributed by atoms with E-state index in [1.165, 1.54) is 0 Å². The number of rotatable bonds is 8. The zero-order chi connectivity index (χ0) is 21.7. The highest BCUT2D eigenvalue weighted by Crippen LogP contribution is 2.32. The molecule has 0 aliphatic carbocycles. The number of hydrogen-bond acceptors (Lipinski definition) is 5. The summed E-state index contributed by atoms with van der Waals surface area (Å²) in [6, 6.07) is 10.5. The van der Waals surface area contributed by atoms with Gasteiger partial charge in [-0.2, -0.15) is 9.64 Å². The third kappa shape index (κ3) is 4.78. The fraction of sp³-hybridized carbons (Fsp3) is 0.190. The van der Waals surface area contributed by atoms with E-state index < -0.39 is 30.0 Å². The van der Waals surface area contributed by atoms with Gasteiger partial charge in [0, 0.05) is 17.5 Å². The number of nitrogens with zero attached hydrogens (tertiary/aromatic N) is 2. The average Bonchev–Trinajstić information content (AvgIpc) is 3.14. The van der Waals surface area contributed by atoms with Crippen molar-refractivity contribution in [2.75, 3.05) is 0 Å². The van der Waals surface area contributed by atoms with Crippen molar-refractivity contribution < 1.29 is 27.8 Å². The molecule has 0 saturated carbocycles. The number of halogens is 3. The quantitative estimate of drug-likeness (QED) is 0.540. The molecule has 0 aliphatic rings. The summed E-state index contributed by atoms with van der Waals surface area (Å²) in [5.41, 5.74) is 2.04. The average molecular weight is 432 g/mol. The highest BCUT2D eigenvalue weighted by molar-refractivity contribution is 7.06. The van der Waals surface area contributed by atoms with E-state index in [0.29, 0.717) is 22.4 Å². The van der Waals surface area contributed by atoms with E-state index in [0.717, 1.165) is 23.7 Å². The molecule has 2 aromatic carbocycles. The summed E-state index contributed by atoms with van der Waals surface area (Å²) in [4.78, 5) is 10.9. The summed E-state index contributed by atoms with van der Waals surface area (Å²) in [6.07, 6.45) is -0.278. The summed E-state index contributed by atoms with van der Waals surface area (Å²) in [6.45, 7) is -1.13. The zero-order valence-corrected chi connectivity index (χ0v) is 16.3. The second-order valence-corrected chi connectivity index (χ2v) is 7.18. The van der Waals surface area contributed by atoms with Crippen LogP contribution in [0.1, 0.15) is 28.0 Å². The second-order valence-electron chi connectivity index (χ2n) is 6.33. The van der Waals surface area contributed by atoms with Gasteiger partial charge in [-0.3, -0.25) is 4.79 Å². The van der Waals surface area contributed by atoms with Crippen molar-refractivity contribution in [1.82, 2.24) is 4.37 Å². The van der Waals surface area contributed by atoms with Crippen LogP contribution in [0.15, 0.2) is 36.4 Å². The number of carboxylic acids is 1. The van der Waals surface area contributed by atoms with E-state index in [1.54, 1.807) is 24.3 Å². The van der Waals surface area contributed by atoms with Crippen LogP contribution in [0.5, 0.6) is 5.75 Å². The molecule has 1 N–H and O–H groups in total. The lowest BCUT2D eigenvalue weighted by Crippen LogP contribution is -2.04. The topological polar surface area (TPSA) is 83.2 Å². The molecule has 0 unspecified atom stereocenters. The minimum atomic E-state index is -1.07. The number of benzene rings is 2. The molecule has 154 valence electrons. The van der Waals surface area contributed by atoms with Gasteiger partial charge in [-0.05, 0) is 47.8 Å². The van der Waals surface area contributed by atoms with Gasteiger partial charge in [0.05, 0.1) is 22.2 Å². The highest BCUT2D eigenvalue weighted by Gasteiger charge is 2.19. The third-order valence-electron chi connectivity index (χ3n) is 4.32. The molecule has 5 nitrogen and oxygen atoms in total. The lowest BCUT2D eigenvalue weighted by molar-refractivity contribution is -0.136. The van der Waals surface area contributed by atoms with E-state index in [1.807, 2.05) is 6.07 Å². The number of aromatic nitrogens is 1. The molecule has 30 heavy (non-hydrogen) atoms. The monoisotopic (exact) mass is 432 g/mol. The molecule has 9 heteroatoms. The van der Waals surface area contributed by atoms with Crippen LogP contribution in [0.3, 0.4) is 0 Å². The Morgan fingerprint density at radius 1 is 1.20 bits per heavy atom. The van der Waals surface area contributed by atoms with Crippen molar-refractivity contribution in [3.63, 3.8) is 0 Å². The van der Waals surface area contributed by atoms with Gasteiger partial charge < -0.3 is 9.84 Å². The van der Waals surface area contributed by atoms with Crippen molar-refractivity contribution in [3.05, 3.63) is 69.6 Å². The Morgan fingerprint density at radius 3 is 2.43 bits per heavy atom. The summed E-state index contributed by atoms with van der Waals surface area (Å²) in [5.74, 6) is -3.65. The van der Waals surface area contributed by atoms with Crippen molar-refractivity contribution in [1.29, 1.82) is 5.26 Å². The van der Waals surface area contributed by atoms with Gasteiger partial charge in [-0.25, -0.2) is 13.2 Å². The fourth-order valence-electron chi connectivity index (χ4n) is 2.82. The van der Waals surface area contributed by atoms with Crippen LogP contribution in [-0.4, -0.2) is 15.4 Å². The van der Waals surface area contributed by atoms with Crippen LogP contribution in [0.2, 0.25) is 0 Å². The van der Waals surface area contributed by atoms with E-state index in [-0.39, 0.29) is 29.9 Å². The molecule has 0 atom stereocenters. The molecular weight excluding hydrogens is 417 g/mol. The standard InChI is InChI=1S/C21H15F3N2O3S/c22-9-18-15(20(26-30-18)14-4-1-12(10-25)2-5-14)11-29-21-16(23)7-13(8-17(21)24)3-6-19(27)28/h1-2,4-5,7-8H,3,6,9,11H2,(H,27,28). The van der Waals surface area contributed by atoms with Gasteiger partial charge in [0.2, 0.25) is 0 Å². The fourth-order valence-corrected chi connectivity index (χ4v) is 3.55. The van der Waals surface area contributed by atoms with Crippen LogP contribution in [0.4, 0.5) is 13.2 Å². The Bertz CT molecular complexity index is 1080. The first-order valence-electron chi connectivity index (χ1n) is 8.79. The van der Waals surface area contributed by atoms with Crippen LogP contribution in [0, 0.1) is 23.0 Å². The SMILES string of the molecule is N#Cc1ccc(-c2nsc(CF)c2COc2c(F)cc(CCC(=O)O)cc2F)cc1. The molecule has 0 aliphatic heterocycles. The molecule has 0 saturated heterocycles. The number of aryl methyl sites for hydroxylation is 1. The van der Waals surface area contributed by atoms with Crippen molar-refractivity contribution >= 4 is 17.5 Å². The molecule has 0 fully saturated rings. The van der Waals surface area contributed by atoms with E-state index in [9.17, 15) is 18.0 Å². The number of nitriles is 1. The number of alkyl halides is 1. The second kappa shape index (κ2) is 9.41. The first-order valence-corrected chi connectivity index (χ1v) is 9.56. The van der Waals surface area contributed by atoms with Gasteiger partial charge >= 0.3 is 5.97 Å². The van der Waals surface area contributed by atoms with Crippen LogP contribution in [0.25, 0.3) is 11.3 Å². The number of hydrogen-bond donors (Lipinski definition) is 1. The molecular formula is C21H15F3N2O3S. The summed E-state index contributed by atoms with van der Waals surface area (Å²) < 4.78 is 51.6. The summed E-state index contributed by atoms with van der Waals surface area (Å²) >= 11 is 0.923. The van der Waals surface area contributed by atoms with Crippen molar-refractivity contribution in [3.8, 4) is 23.1 Å². The number of carboxylic acid groups (broad SMARTS) is 1. The van der Waals surface area contributed by atoms with E-state index in [4.69, 9.17) is 15.1 Å². The van der Waals surface area contributed by atoms with Crippen molar-refractivity contribution in [2.45, 2.75) is 26.1 Å². The Hall–Kier alpha value is -3.38. The van der Waals surface area contributed by atoms with E-state index >= 15 is 0 Å². The van der Waals surface area contributed by atoms with Gasteiger partial charge in [-0.15, -0.1) is 0 Å². The predicted molar refractivity (Wildman–Crippen MR) is 104 cm³/mol. The molecule has 0 amide bonds. The minimum Gasteiger partial charge on any atom is -0.483 e. The maximum atomic E-state index is 14.3. The van der Waals surface area contributed by atoms with Crippen LogP contribution in [-0.2, 0) is 24.5 Å². The summed E-state index contributed by atoms with van der Waals surface area (Å²) in [7, 11) is 0. The molecule has 1 heterocycles. The third-order valence-corrected chi connectivity index (χ3v) is 5.17. The number of carbonyl (C=O) groups is 1. The number of ether oxygens (including phenoxy) is 1. The van der Waals surface area contributed by atoms with Gasteiger partial charge in [-0.1, -0.05) is 12.1 Å². The Balaban J connectivity index is 1.84. The van der Waals surface area contributed by atoms with Gasteiger partial charge in [0.25, 0.3) is 0 Å². The lowest BCUT2D eigenvalue weighted by Gasteiger charge is -2.11. The number of aliphatic carboxylic acids is 1. The molecule has 0 bridgehead atoms. The highest BCUT2D eigenvalue weighted by atomic mass is 32.1. The zero-order valence-electron chi connectivity index (χ0n) is 15.5. The van der Waals surface area contributed by atoms with Crippen LogP contribution < -0.4 is 4.74 Å². The predicted octanol–water partition coefficient (Wildman–Crippen LogP) is 5.03. The lowest BCUT2D eigenvalue weighted by atomic mass is 10.1. The van der Waals surface area contributed by atoms with Gasteiger partial charge in [0.15, 0.2) is 17.4 Å². The van der Waals surface area contributed by atoms with Gasteiger partial charge in [0.1, 0.15) is 13.3 Å². The smallest absolute Gasteiger partial charge is 0.303 e. The largest absolute Gasteiger partial charge is 0.483 e. The first kappa shape index (κ1) is 21.3. The maximum absolute atomic E-state index is 14.3.